The zero-order chi connectivity index (χ0) is 20.8. The number of fused-ring (bicyclic) bond motifs is 1. The average molecular weight is 402 g/mol. The molecular formula is C19H17F3N6O. The van der Waals surface area contributed by atoms with Crippen LogP contribution in [0.1, 0.15) is 23.0 Å². The predicted molar refractivity (Wildman–Crippen MR) is 100 cm³/mol. The molecule has 2 N–H and O–H groups in total. The zero-order valence-corrected chi connectivity index (χ0v) is 15.5. The van der Waals surface area contributed by atoms with Gasteiger partial charge in [-0.2, -0.15) is 13.2 Å². The smallest absolute Gasteiger partial charge is 0.317 e. The number of aryl methyl sites for hydroxylation is 1. The van der Waals surface area contributed by atoms with Gasteiger partial charge in [0.15, 0.2) is 0 Å². The molecule has 0 aliphatic carbocycles. The number of imidazole rings is 1. The molecule has 1 amide bonds. The van der Waals surface area contributed by atoms with Crippen LogP contribution in [-0.2, 0) is 4.79 Å². The first-order valence-electron chi connectivity index (χ1n) is 8.72. The fourth-order valence-electron chi connectivity index (χ4n) is 3.22. The predicted octanol–water partition coefficient (Wildman–Crippen LogP) is 3.07. The van der Waals surface area contributed by atoms with Gasteiger partial charge in [-0.1, -0.05) is 6.07 Å². The Labute approximate surface area is 163 Å². The standard InChI is InChI=1S/C19H17F3N6O/c1-11-4-3-5-14(24-11)17-13(10-27(2)26-17)12-6-7-15-23-8-16(28(15)9-12)25-18(29)19(20,21)22/h3-10,17,26H,1-2H3,(H,25,29). The van der Waals surface area contributed by atoms with Crippen molar-refractivity contribution in [3.05, 3.63) is 65.9 Å². The Morgan fingerprint density at radius 2 is 2.03 bits per heavy atom. The second kappa shape index (κ2) is 6.89. The molecule has 4 rings (SSSR count). The topological polar surface area (TPSA) is 74.6 Å². The monoisotopic (exact) mass is 402 g/mol. The Morgan fingerprint density at radius 3 is 2.76 bits per heavy atom. The van der Waals surface area contributed by atoms with Gasteiger partial charge in [0.1, 0.15) is 11.5 Å². The minimum atomic E-state index is -4.98. The Hall–Kier alpha value is -3.40. The van der Waals surface area contributed by atoms with Gasteiger partial charge in [-0.15, -0.1) is 0 Å². The van der Waals surface area contributed by atoms with Gasteiger partial charge in [-0.25, -0.2) is 10.4 Å². The number of carbonyl (C=O) groups excluding carboxylic acids is 1. The molecule has 150 valence electrons. The first-order chi connectivity index (χ1) is 13.7. The number of hydrogen-bond donors (Lipinski definition) is 2. The van der Waals surface area contributed by atoms with E-state index in [1.807, 2.05) is 49.8 Å². The van der Waals surface area contributed by atoms with E-state index in [1.54, 1.807) is 17.3 Å². The number of carbonyl (C=O) groups is 1. The summed E-state index contributed by atoms with van der Waals surface area (Å²) in [6, 6.07) is 9.00. The Kier molecular flexibility index (Phi) is 4.50. The number of anilines is 1. The summed E-state index contributed by atoms with van der Waals surface area (Å²) in [6.45, 7) is 1.90. The van der Waals surface area contributed by atoms with Crippen LogP contribution < -0.4 is 10.7 Å². The molecule has 10 heteroatoms. The van der Waals surface area contributed by atoms with Gasteiger partial charge in [0.2, 0.25) is 0 Å². The number of amides is 1. The van der Waals surface area contributed by atoms with Crippen molar-refractivity contribution >= 4 is 22.9 Å². The van der Waals surface area contributed by atoms with Crippen LogP contribution in [0.4, 0.5) is 19.0 Å². The van der Waals surface area contributed by atoms with Gasteiger partial charge in [0.25, 0.3) is 0 Å². The maximum absolute atomic E-state index is 12.6. The van der Waals surface area contributed by atoms with Crippen molar-refractivity contribution in [2.24, 2.45) is 0 Å². The number of alkyl halides is 3. The van der Waals surface area contributed by atoms with Crippen LogP contribution >= 0.6 is 0 Å². The van der Waals surface area contributed by atoms with E-state index in [4.69, 9.17) is 0 Å². The van der Waals surface area contributed by atoms with E-state index >= 15 is 0 Å². The third-order valence-corrected chi connectivity index (χ3v) is 4.52. The molecular weight excluding hydrogens is 385 g/mol. The Balaban J connectivity index is 1.72. The van der Waals surface area contributed by atoms with Crippen LogP contribution in [0.3, 0.4) is 0 Å². The molecule has 1 unspecified atom stereocenters. The average Bonchev–Trinajstić information content (AvgIpc) is 3.24. The van der Waals surface area contributed by atoms with Crippen LogP contribution in [0.5, 0.6) is 0 Å². The summed E-state index contributed by atoms with van der Waals surface area (Å²) in [5, 5.41) is 3.66. The first-order valence-corrected chi connectivity index (χ1v) is 8.72. The molecule has 0 bridgehead atoms. The number of hydrazine groups is 1. The lowest BCUT2D eigenvalue weighted by atomic mass is 9.99. The minimum absolute atomic E-state index is 0.0608. The molecule has 0 radical (unpaired) electrons. The van der Waals surface area contributed by atoms with E-state index in [2.05, 4.69) is 15.4 Å². The van der Waals surface area contributed by atoms with Gasteiger partial charge in [-0.05, 0) is 36.8 Å². The van der Waals surface area contributed by atoms with Gasteiger partial charge >= 0.3 is 12.1 Å². The highest BCUT2D eigenvalue weighted by molar-refractivity contribution is 5.94. The first kappa shape index (κ1) is 18.9. The second-order valence-corrected chi connectivity index (χ2v) is 6.70. The highest BCUT2D eigenvalue weighted by atomic mass is 19.4. The summed E-state index contributed by atoms with van der Waals surface area (Å²) in [5.74, 6) is -2.11. The molecule has 0 saturated heterocycles. The van der Waals surface area contributed by atoms with Crippen LogP contribution in [0.2, 0.25) is 0 Å². The lowest BCUT2D eigenvalue weighted by Crippen LogP contribution is -2.30. The summed E-state index contributed by atoms with van der Waals surface area (Å²) < 4.78 is 39.2. The third-order valence-electron chi connectivity index (χ3n) is 4.52. The summed E-state index contributed by atoms with van der Waals surface area (Å²) in [6.07, 6.45) is -0.259. The number of rotatable bonds is 3. The molecule has 4 heterocycles. The molecule has 3 aromatic rings. The van der Waals surface area contributed by atoms with E-state index in [9.17, 15) is 18.0 Å². The largest absolute Gasteiger partial charge is 0.471 e. The fraction of sp³-hybridized carbons (Fsp3) is 0.211. The van der Waals surface area contributed by atoms with Crippen molar-refractivity contribution in [2.45, 2.75) is 19.1 Å². The van der Waals surface area contributed by atoms with Crippen molar-refractivity contribution in [3.63, 3.8) is 0 Å². The van der Waals surface area contributed by atoms with Gasteiger partial charge < -0.3 is 10.3 Å². The summed E-state index contributed by atoms with van der Waals surface area (Å²) in [7, 11) is 1.85. The van der Waals surface area contributed by atoms with E-state index in [0.717, 1.165) is 22.5 Å². The van der Waals surface area contributed by atoms with E-state index < -0.39 is 12.1 Å². The lowest BCUT2D eigenvalue weighted by molar-refractivity contribution is -0.167. The van der Waals surface area contributed by atoms with Crippen molar-refractivity contribution in [1.29, 1.82) is 0 Å². The Bertz CT molecular complexity index is 1120. The molecule has 0 spiro atoms. The maximum atomic E-state index is 12.6. The highest BCUT2D eigenvalue weighted by Gasteiger charge is 2.39. The molecule has 3 aromatic heterocycles. The molecule has 0 aromatic carbocycles. The van der Waals surface area contributed by atoms with E-state index in [0.29, 0.717) is 5.65 Å². The number of pyridine rings is 2. The molecule has 29 heavy (non-hydrogen) atoms. The normalized spacial score (nSPS) is 16.9. The minimum Gasteiger partial charge on any atom is -0.317 e. The molecule has 1 aliphatic rings. The number of nitrogens with zero attached hydrogens (tertiary/aromatic N) is 4. The molecule has 0 saturated carbocycles. The Morgan fingerprint density at radius 1 is 1.24 bits per heavy atom. The van der Waals surface area contributed by atoms with E-state index in [1.165, 1.54) is 10.6 Å². The van der Waals surface area contributed by atoms with Crippen molar-refractivity contribution < 1.29 is 18.0 Å². The van der Waals surface area contributed by atoms with Crippen molar-refractivity contribution in [1.82, 2.24) is 24.8 Å². The van der Waals surface area contributed by atoms with Gasteiger partial charge in [0.05, 0.1) is 17.9 Å². The summed E-state index contributed by atoms with van der Waals surface area (Å²) >= 11 is 0. The zero-order valence-electron chi connectivity index (χ0n) is 15.5. The van der Waals surface area contributed by atoms with E-state index in [-0.39, 0.29) is 11.9 Å². The summed E-state index contributed by atoms with van der Waals surface area (Å²) in [5.41, 5.74) is 7.03. The fourth-order valence-corrected chi connectivity index (χ4v) is 3.22. The SMILES string of the molecule is Cc1cccc(C2NN(C)C=C2c2ccc3ncc(NC(=O)C(F)(F)F)n3c2)n1. The van der Waals surface area contributed by atoms with Gasteiger partial charge in [0, 0.05) is 30.7 Å². The van der Waals surface area contributed by atoms with Crippen LogP contribution in [0.15, 0.2) is 48.9 Å². The van der Waals surface area contributed by atoms with Crippen LogP contribution in [-0.4, -0.2) is 38.5 Å². The molecule has 7 nitrogen and oxygen atoms in total. The molecule has 1 aliphatic heterocycles. The third kappa shape index (κ3) is 3.66. The number of nitrogens with one attached hydrogen (secondary N) is 2. The van der Waals surface area contributed by atoms with Crippen LogP contribution in [0.25, 0.3) is 11.2 Å². The number of aromatic nitrogens is 3. The van der Waals surface area contributed by atoms with Crippen molar-refractivity contribution in [2.75, 3.05) is 12.4 Å². The highest BCUT2D eigenvalue weighted by Crippen LogP contribution is 2.34. The van der Waals surface area contributed by atoms with Gasteiger partial charge in [-0.3, -0.25) is 14.2 Å². The number of hydrogen-bond acceptors (Lipinski definition) is 5. The number of halogens is 3. The lowest BCUT2D eigenvalue weighted by Gasteiger charge is -2.17. The molecule has 1 atom stereocenters. The van der Waals surface area contributed by atoms with Crippen molar-refractivity contribution in [3.8, 4) is 0 Å². The second-order valence-electron chi connectivity index (χ2n) is 6.70. The maximum Gasteiger partial charge on any atom is 0.471 e. The summed E-state index contributed by atoms with van der Waals surface area (Å²) in [4.78, 5) is 19.9. The molecule has 0 fully saturated rings. The van der Waals surface area contributed by atoms with Crippen LogP contribution in [0, 0.1) is 6.92 Å². The quantitative estimate of drug-likeness (QED) is 0.704.